The van der Waals surface area contributed by atoms with Crippen molar-refractivity contribution in [3.8, 4) is 11.5 Å². The number of methoxy groups -OCH3 is 1. The third kappa shape index (κ3) is 6.49. The van der Waals surface area contributed by atoms with Crippen LogP contribution < -0.4 is 14.8 Å². The summed E-state index contributed by atoms with van der Waals surface area (Å²) >= 11 is 5.92. The summed E-state index contributed by atoms with van der Waals surface area (Å²) in [4.78, 5) is 24.2. The van der Waals surface area contributed by atoms with E-state index in [9.17, 15) is 9.59 Å². The molecule has 0 aliphatic carbocycles. The highest BCUT2D eigenvalue weighted by molar-refractivity contribution is 6.31. The van der Waals surface area contributed by atoms with E-state index >= 15 is 0 Å². The number of nitrogens with one attached hydrogen (secondary N) is 1. The quantitative estimate of drug-likeness (QED) is 0.683. The number of carbonyl (C=O) groups is 2. The second-order valence-electron chi connectivity index (χ2n) is 6.20. The minimum absolute atomic E-state index is 0.310. The van der Waals surface area contributed by atoms with Gasteiger partial charge in [-0.25, -0.2) is 4.79 Å². The van der Waals surface area contributed by atoms with Crippen molar-refractivity contribution < 1.29 is 23.8 Å². The van der Waals surface area contributed by atoms with Crippen molar-refractivity contribution in [1.29, 1.82) is 0 Å². The van der Waals surface area contributed by atoms with E-state index in [4.69, 9.17) is 25.8 Å². The maximum atomic E-state index is 12.2. The van der Waals surface area contributed by atoms with Crippen LogP contribution in [0.25, 0.3) is 0 Å². The standard InChI is InChI=1S/C20H22ClNO5/c1-13(2)11-26-16-6-4-5-14(9-16)20(24)27-12-19(23)22-17-10-15(21)7-8-18(17)25-3/h4-10,13H,11-12H2,1-3H3,(H,22,23). The van der Waals surface area contributed by atoms with Crippen molar-refractivity contribution in [3.05, 3.63) is 53.1 Å². The summed E-state index contributed by atoms with van der Waals surface area (Å²) in [5.41, 5.74) is 0.708. The number of hydrogen-bond donors (Lipinski definition) is 1. The number of anilines is 1. The first kappa shape index (κ1) is 20.6. The van der Waals surface area contributed by atoms with Gasteiger partial charge in [0.05, 0.1) is 25.0 Å². The Balaban J connectivity index is 1.92. The number of hydrogen-bond acceptors (Lipinski definition) is 5. The summed E-state index contributed by atoms with van der Waals surface area (Å²) < 4.78 is 15.8. The van der Waals surface area contributed by atoms with Crippen LogP contribution in [0.5, 0.6) is 11.5 Å². The van der Waals surface area contributed by atoms with Gasteiger partial charge in [0, 0.05) is 5.02 Å². The minimum Gasteiger partial charge on any atom is -0.495 e. The molecule has 1 amide bonds. The van der Waals surface area contributed by atoms with Crippen LogP contribution in [0.2, 0.25) is 5.02 Å². The van der Waals surface area contributed by atoms with Crippen LogP contribution in [0.1, 0.15) is 24.2 Å². The second kappa shape index (κ2) is 9.83. The topological polar surface area (TPSA) is 73.9 Å². The lowest BCUT2D eigenvalue weighted by molar-refractivity contribution is -0.119. The van der Waals surface area contributed by atoms with E-state index < -0.39 is 18.5 Å². The van der Waals surface area contributed by atoms with Crippen molar-refractivity contribution in [2.45, 2.75) is 13.8 Å². The average Bonchev–Trinajstić information content (AvgIpc) is 2.65. The molecule has 0 bridgehead atoms. The fourth-order valence-electron chi connectivity index (χ4n) is 2.15. The van der Waals surface area contributed by atoms with Gasteiger partial charge < -0.3 is 19.5 Å². The average molecular weight is 392 g/mol. The van der Waals surface area contributed by atoms with Crippen molar-refractivity contribution in [1.82, 2.24) is 0 Å². The number of benzene rings is 2. The van der Waals surface area contributed by atoms with E-state index in [1.165, 1.54) is 7.11 Å². The first-order valence-corrected chi connectivity index (χ1v) is 8.80. The Morgan fingerprint density at radius 2 is 1.93 bits per heavy atom. The predicted molar refractivity (Wildman–Crippen MR) is 104 cm³/mol. The first-order chi connectivity index (χ1) is 12.9. The highest BCUT2D eigenvalue weighted by atomic mass is 35.5. The fourth-order valence-corrected chi connectivity index (χ4v) is 2.33. The molecule has 0 aliphatic heterocycles. The molecule has 144 valence electrons. The molecule has 0 heterocycles. The zero-order valence-corrected chi connectivity index (χ0v) is 16.2. The Morgan fingerprint density at radius 3 is 2.63 bits per heavy atom. The van der Waals surface area contributed by atoms with Crippen LogP contribution in [0, 0.1) is 5.92 Å². The van der Waals surface area contributed by atoms with Gasteiger partial charge in [-0.3, -0.25) is 4.79 Å². The summed E-state index contributed by atoms with van der Waals surface area (Å²) in [7, 11) is 1.48. The Kier molecular flexibility index (Phi) is 7.49. The van der Waals surface area contributed by atoms with Gasteiger partial charge in [-0.15, -0.1) is 0 Å². The molecule has 0 fully saturated rings. The van der Waals surface area contributed by atoms with Gasteiger partial charge in [0.25, 0.3) is 5.91 Å². The normalized spacial score (nSPS) is 10.4. The Labute approximate surface area is 163 Å². The van der Waals surface area contributed by atoms with Crippen LogP contribution in [0.4, 0.5) is 5.69 Å². The van der Waals surface area contributed by atoms with E-state index in [0.29, 0.717) is 40.3 Å². The van der Waals surface area contributed by atoms with Crippen LogP contribution in [0.3, 0.4) is 0 Å². The molecule has 2 rings (SSSR count). The van der Waals surface area contributed by atoms with Gasteiger partial charge in [-0.05, 0) is 42.3 Å². The van der Waals surface area contributed by atoms with Crippen molar-refractivity contribution in [2.24, 2.45) is 5.92 Å². The molecule has 0 unspecified atom stereocenters. The van der Waals surface area contributed by atoms with Gasteiger partial charge >= 0.3 is 5.97 Å². The van der Waals surface area contributed by atoms with Crippen LogP contribution in [0.15, 0.2) is 42.5 Å². The monoisotopic (exact) mass is 391 g/mol. The SMILES string of the molecule is COc1ccc(Cl)cc1NC(=O)COC(=O)c1cccc(OCC(C)C)c1. The number of carbonyl (C=O) groups excluding carboxylic acids is 2. The number of ether oxygens (including phenoxy) is 3. The molecule has 0 radical (unpaired) electrons. The zero-order chi connectivity index (χ0) is 19.8. The molecule has 0 aliphatic rings. The molecule has 27 heavy (non-hydrogen) atoms. The van der Waals surface area contributed by atoms with Crippen LogP contribution >= 0.6 is 11.6 Å². The molecule has 0 saturated carbocycles. The number of halogens is 1. The number of rotatable bonds is 8. The molecule has 0 spiro atoms. The molecule has 0 saturated heterocycles. The Hall–Kier alpha value is -2.73. The molecular weight excluding hydrogens is 370 g/mol. The van der Waals surface area contributed by atoms with Crippen LogP contribution in [-0.2, 0) is 9.53 Å². The largest absolute Gasteiger partial charge is 0.495 e. The zero-order valence-electron chi connectivity index (χ0n) is 15.5. The van der Waals surface area contributed by atoms with E-state index in [1.54, 1.807) is 42.5 Å². The van der Waals surface area contributed by atoms with Gasteiger partial charge in [0.2, 0.25) is 0 Å². The summed E-state index contributed by atoms with van der Waals surface area (Å²) in [5.74, 6) is 0.280. The van der Waals surface area contributed by atoms with Gasteiger partial charge in [-0.1, -0.05) is 31.5 Å². The predicted octanol–water partition coefficient (Wildman–Crippen LogP) is 4.18. The van der Waals surface area contributed by atoms with E-state index in [0.717, 1.165) is 0 Å². The van der Waals surface area contributed by atoms with E-state index in [-0.39, 0.29) is 0 Å². The lowest BCUT2D eigenvalue weighted by Crippen LogP contribution is -2.21. The summed E-state index contributed by atoms with van der Waals surface area (Å²) in [6, 6.07) is 11.5. The molecule has 6 nitrogen and oxygen atoms in total. The molecule has 2 aromatic rings. The van der Waals surface area contributed by atoms with E-state index in [1.807, 2.05) is 13.8 Å². The van der Waals surface area contributed by atoms with Crippen molar-refractivity contribution in [3.63, 3.8) is 0 Å². The van der Waals surface area contributed by atoms with Gasteiger partial charge in [0.1, 0.15) is 11.5 Å². The molecule has 2 aromatic carbocycles. The second-order valence-corrected chi connectivity index (χ2v) is 6.64. The van der Waals surface area contributed by atoms with Crippen LogP contribution in [-0.4, -0.2) is 32.2 Å². The fraction of sp³-hybridized carbons (Fsp3) is 0.300. The Bertz CT molecular complexity index is 807. The van der Waals surface area contributed by atoms with Crippen molar-refractivity contribution >= 4 is 29.2 Å². The summed E-state index contributed by atoms with van der Waals surface area (Å²) in [5, 5.41) is 3.05. The first-order valence-electron chi connectivity index (χ1n) is 8.42. The van der Waals surface area contributed by atoms with Crippen molar-refractivity contribution in [2.75, 3.05) is 25.6 Å². The lowest BCUT2D eigenvalue weighted by atomic mass is 10.2. The molecule has 0 atom stereocenters. The highest BCUT2D eigenvalue weighted by Crippen LogP contribution is 2.27. The number of amides is 1. The van der Waals surface area contributed by atoms with Gasteiger partial charge in [-0.2, -0.15) is 0 Å². The third-order valence-electron chi connectivity index (χ3n) is 3.42. The lowest BCUT2D eigenvalue weighted by Gasteiger charge is -2.11. The molecule has 7 heteroatoms. The number of esters is 1. The van der Waals surface area contributed by atoms with Gasteiger partial charge in [0.15, 0.2) is 6.61 Å². The maximum Gasteiger partial charge on any atom is 0.338 e. The molecular formula is C20H22ClNO5. The summed E-state index contributed by atoms with van der Waals surface area (Å²) in [6.45, 7) is 4.17. The molecule has 1 N–H and O–H groups in total. The van der Waals surface area contributed by atoms with E-state index in [2.05, 4.69) is 5.32 Å². The molecule has 0 aromatic heterocycles. The smallest absolute Gasteiger partial charge is 0.338 e. The maximum absolute atomic E-state index is 12.2. The Morgan fingerprint density at radius 1 is 1.15 bits per heavy atom. The highest BCUT2D eigenvalue weighted by Gasteiger charge is 2.13. The third-order valence-corrected chi connectivity index (χ3v) is 3.66. The summed E-state index contributed by atoms with van der Waals surface area (Å²) in [6.07, 6.45) is 0. The minimum atomic E-state index is -0.613.